The molecule has 1 aromatic rings. The second-order valence-corrected chi connectivity index (χ2v) is 6.68. The number of thiophene rings is 1. The highest BCUT2D eigenvalue weighted by Gasteiger charge is 2.23. The Bertz CT molecular complexity index is 356. The van der Waals surface area contributed by atoms with Gasteiger partial charge in [0.25, 0.3) is 0 Å². The molecule has 0 aromatic carbocycles. The zero-order valence-electron chi connectivity index (χ0n) is 9.59. The second-order valence-electron chi connectivity index (χ2n) is 4.57. The number of carbonyl (C=O) groups excluding carboxylic acids is 1. The molecule has 3 heteroatoms. The van der Waals surface area contributed by atoms with Gasteiger partial charge in [0.15, 0.2) is 5.78 Å². The summed E-state index contributed by atoms with van der Waals surface area (Å²) in [5.74, 6) is 0.660. The van der Waals surface area contributed by atoms with Gasteiger partial charge in [-0.2, -0.15) is 0 Å². The van der Waals surface area contributed by atoms with Crippen molar-refractivity contribution < 1.29 is 4.79 Å². The summed E-state index contributed by atoms with van der Waals surface area (Å²) < 4.78 is 1.08. The van der Waals surface area contributed by atoms with Crippen molar-refractivity contribution in [2.75, 3.05) is 0 Å². The molecule has 0 N–H and O–H groups in total. The molecule has 1 saturated carbocycles. The Kier molecular flexibility index (Phi) is 4.20. The molecule has 16 heavy (non-hydrogen) atoms. The summed E-state index contributed by atoms with van der Waals surface area (Å²) in [6.07, 6.45) is 7.23. The van der Waals surface area contributed by atoms with E-state index in [1.165, 1.54) is 30.6 Å². The predicted octanol–water partition coefficient (Wildman–Crippen LogP) is 4.97. The molecule has 88 valence electrons. The van der Waals surface area contributed by atoms with Crippen LogP contribution in [-0.2, 0) is 0 Å². The number of halogens is 1. The number of hydrogen-bond acceptors (Lipinski definition) is 2. The SMILES string of the molecule is Cc1sc(C(=O)C2CCCCCC2)cc1Br. The van der Waals surface area contributed by atoms with Crippen LogP contribution in [0.3, 0.4) is 0 Å². The molecule has 1 fully saturated rings. The zero-order chi connectivity index (χ0) is 11.5. The van der Waals surface area contributed by atoms with Gasteiger partial charge in [-0.25, -0.2) is 0 Å². The van der Waals surface area contributed by atoms with E-state index in [9.17, 15) is 4.79 Å². The number of carbonyl (C=O) groups is 1. The topological polar surface area (TPSA) is 17.1 Å². The van der Waals surface area contributed by atoms with Crippen molar-refractivity contribution in [2.45, 2.75) is 45.4 Å². The molecule has 0 spiro atoms. The highest BCUT2D eigenvalue weighted by atomic mass is 79.9. The summed E-state index contributed by atoms with van der Waals surface area (Å²) >= 11 is 5.11. The molecule has 2 rings (SSSR count). The van der Waals surface area contributed by atoms with Crippen molar-refractivity contribution in [3.8, 4) is 0 Å². The van der Waals surface area contributed by atoms with Gasteiger partial charge in [-0.3, -0.25) is 4.79 Å². The van der Waals surface area contributed by atoms with Gasteiger partial charge in [-0.1, -0.05) is 25.7 Å². The molecule has 1 heterocycles. The molecule has 1 nitrogen and oxygen atoms in total. The standard InChI is InChI=1S/C13H17BrOS/c1-9-11(14)8-12(16-9)13(15)10-6-4-2-3-5-7-10/h8,10H,2-7H2,1H3. The molecule has 0 aliphatic heterocycles. The van der Waals surface area contributed by atoms with Gasteiger partial charge in [0, 0.05) is 15.3 Å². The Morgan fingerprint density at radius 2 is 1.94 bits per heavy atom. The lowest BCUT2D eigenvalue weighted by Crippen LogP contribution is -2.12. The Balaban J connectivity index is 2.11. The quantitative estimate of drug-likeness (QED) is 0.556. The first-order valence-corrected chi connectivity index (χ1v) is 7.59. The summed E-state index contributed by atoms with van der Waals surface area (Å²) in [5, 5.41) is 0. The van der Waals surface area contributed by atoms with E-state index < -0.39 is 0 Å². The third-order valence-electron chi connectivity index (χ3n) is 3.33. The minimum Gasteiger partial charge on any atom is -0.293 e. The normalized spacial score (nSPS) is 18.4. The minimum atomic E-state index is 0.285. The maximum absolute atomic E-state index is 12.3. The largest absolute Gasteiger partial charge is 0.293 e. The number of ketones is 1. The molecule has 1 aliphatic rings. The van der Waals surface area contributed by atoms with Gasteiger partial charge < -0.3 is 0 Å². The molecule has 0 unspecified atom stereocenters. The van der Waals surface area contributed by atoms with Crippen LogP contribution in [0.15, 0.2) is 10.5 Å². The lowest BCUT2D eigenvalue weighted by atomic mass is 9.95. The van der Waals surface area contributed by atoms with Crippen LogP contribution in [0.25, 0.3) is 0 Å². The molecule has 0 saturated heterocycles. The van der Waals surface area contributed by atoms with E-state index >= 15 is 0 Å². The fraction of sp³-hybridized carbons (Fsp3) is 0.615. The van der Waals surface area contributed by atoms with Crippen LogP contribution >= 0.6 is 27.3 Å². The molecular formula is C13H17BrOS. The van der Waals surface area contributed by atoms with Crippen LogP contribution in [0.1, 0.15) is 53.1 Å². The van der Waals surface area contributed by atoms with Crippen LogP contribution in [0.4, 0.5) is 0 Å². The van der Waals surface area contributed by atoms with Crippen molar-refractivity contribution in [2.24, 2.45) is 5.92 Å². The third kappa shape index (κ3) is 2.75. The summed E-state index contributed by atoms with van der Waals surface area (Å²) in [6.45, 7) is 2.05. The van der Waals surface area contributed by atoms with E-state index in [4.69, 9.17) is 0 Å². The molecular weight excluding hydrogens is 284 g/mol. The van der Waals surface area contributed by atoms with Gasteiger partial charge in [-0.15, -0.1) is 11.3 Å². The third-order valence-corrected chi connectivity index (χ3v) is 5.48. The number of Topliss-reactive ketones (excluding diaryl/α,β-unsaturated/α-hetero) is 1. The second kappa shape index (κ2) is 5.46. The Morgan fingerprint density at radius 1 is 1.31 bits per heavy atom. The van der Waals surface area contributed by atoms with Crippen LogP contribution < -0.4 is 0 Å². The lowest BCUT2D eigenvalue weighted by Gasteiger charge is -2.10. The van der Waals surface area contributed by atoms with Gasteiger partial charge >= 0.3 is 0 Å². The van der Waals surface area contributed by atoms with Crippen LogP contribution in [0.5, 0.6) is 0 Å². The molecule has 1 aromatic heterocycles. The number of rotatable bonds is 2. The maximum atomic E-state index is 12.3. The molecule has 0 atom stereocenters. The van der Waals surface area contributed by atoms with E-state index in [0.29, 0.717) is 5.78 Å². The summed E-state index contributed by atoms with van der Waals surface area (Å²) in [5.41, 5.74) is 0. The summed E-state index contributed by atoms with van der Waals surface area (Å²) in [4.78, 5) is 14.5. The van der Waals surface area contributed by atoms with Gasteiger partial charge in [-0.05, 0) is 41.8 Å². The number of aryl methyl sites for hydroxylation is 1. The maximum Gasteiger partial charge on any atom is 0.175 e. The van der Waals surface area contributed by atoms with E-state index in [1.54, 1.807) is 11.3 Å². The van der Waals surface area contributed by atoms with Crippen molar-refractivity contribution in [3.63, 3.8) is 0 Å². The zero-order valence-corrected chi connectivity index (χ0v) is 12.0. The average molecular weight is 301 g/mol. The smallest absolute Gasteiger partial charge is 0.175 e. The monoisotopic (exact) mass is 300 g/mol. The van der Waals surface area contributed by atoms with Crippen LogP contribution in [0.2, 0.25) is 0 Å². The first kappa shape index (κ1) is 12.3. The Hall–Kier alpha value is -0.150. The van der Waals surface area contributed by atoms with Crippen molar-refractivity contribution in [1.29, 1.82) is 0 Å². The first-order chi connectivity index (χ1) is 7.68. The van der Waals surface area contributed by atoms with Crippen LogP contribution in [-0.4, -0.2) is 5.78 Å². The minimum absolute atomic E-state index is 0.285. The molecule has 1 aliphatic carbocycles. The van der Waals surface area contributed by atoms with E-state index in [2.05, 4.69) is 22.9 Å². The van der Waals surface area contributed by atoms with Crippen LogP contribution in [0, 0.1) is 12.8 Å². The highest BCUT2D eigenvalue weighted by molar-refractivity contribution is 9.10. The molecule has 0 radical (unpaired) electrons. The summed E-state index contributed by atoms with van der Waals surface area (Å²) in [6, 6.07) is 1.99. The predicted molar refractivity (Wildman–Crippen MR) is 72.3 cm³/mol. The van der Waals surface area contributed by atoms with Gasteiger partial charge in [0.05, 0.1) is 4.88 Å². The Labute approximate surface area is 109 Å². The van der Waals surface area contributed by atoms with E-state index in [-0.39, 0.29) is 5.92 Å². The van der Waals surface area contributed by atoms with Gasteiger partial charge in [0.2, 0.25) is 0 Å². The van der Waals surface area contributed by atoms with E-state index in [0.717, 1.165) is 22.2 Å². The van der Waals surface area contributed by atoms with Crippen molar-refractivity contribution >= 4 is 33.0 Å². The first-order valence-electron chi connectivity index (χ1n) is 5.98. The summed E-state index contributed by atoms with van der Waals surface area (Å²) in [7, 11) is 0. The van der Waals surface area contributed by atoms with Crippen molar-refractivity contribution in [3.05, 3.63) is 20.3 Å². The van der Waals surface area contributed by atoms with E-state index in [1.807, 2.05) is 6.07 Å². The average Bonchev–Trinajstić information content (AvgIpc) is 2.51. The highest BCUT2D eigenvalue weighted by Crippen LogP contribution is 2.32. The Morgan fingerprint density at radius 3 is 2.44 bits per heavy atom. The molecule has 0 bridgehead atoms. The lowest BCUT2D eigenvalue weighted by molar-refractivity contribution is 0.0912. The fourth-order valence-corrected chi connectivity index (χ4v) is 3.88. The molecule has 0 amide bonds. The van der Waals surface area contributed by atoms with Gasteiger partial charge in [0.1, 0.15) is 0 Å². The fourth-order valence-electron chi connectivity index (χ4n) is 2.32. The van der Waals surface area contributed by atoms with Crippen molar-refractivity contribution in [1.82, 2.24) is 0 Å². The number of hydrogen-bond donors (Lipinski definition) is 0.